The summed E-state index contributed by atoms with van der Waals surface area (Å²) in [5, 5.41) is 4.35. The number of alkyl halides is 3. The van der Waals surface area contributed by atoms with Gasteiger partial charge in [0.05, 0.1) is 6.26 Å². The number of halogens is 3. The minimum absolute atomic E-state index is 0.223. The standard InChI is InChI=1S/C21H20F3N7O2/c22-21(23,24)33-15-5-3-14(4-6-15)13-29-7-9-30(10-8-29)17-12-18-26-19(16-2-1-11-32-16)28-31(18)20(25)27-17/h1-6,11-12H,7-10,13H2,(H2,25,27). The average Bonchev–Trinajstić information content (AvgIpc) is 3.44. The summed E-state index contributed by atoms with van der Waals surface area (Å²) in [6, 6.07) is 11.3. The number of hydrogen-bond donors (Lipinski definition) is 1. The number of rotatable bonds is 5. The van der Waals surface area contributed by atoms with E-state index in [0.29, 0.717) is 29.6 Å². The van der Waals surface area contributed by atoms with Crippen LogP contribution in [0, 0.1) is 0 Å². The lowest BCUT2D eigenvalue weighted by molar-refractivity contribution is -0.274. The summed E-state index contributed by atoms with van der Waals surface area (Å²) in [6.07, 6.45) is -3.14. The summed E-state index contributed by atoms with van der Waals surface area (Å²) in [7, 11) is 0. The van der Waals surface area contributed by atoms with Crippen molar-refractivity contribution < 1.29 is 22.3 Å². The molecule has 1 fully saturated rings. The molecule has 0 aliphatic carbocycles. The van der Waals surface area contributed by atoms with E-state index in [1.165, 1.54) is 16.6 Å². The number of aromatic nitrogens is 4. The quantitative estimate of drug-likeness (QED) is 0.486. The molecule has 1 aromatic carbocycles. The van der Waals surface area contributed by atoms with Crippen LogP contribution in [0.25, 0.3) is 17.2 Å². The second-order valence-electron chi connectivity index (χ2n) is 7.61. The first-order valence-corrected chi connectivity index (χ1v) is 10.2. The fraction of sp³-hybridized carbons (Fsp3) is 0.286. The third-order valence-electron chi connectivity index (χ3n) is 5.34. The van der Waals surface area contributed by atoms with E-state index in [4.69, 9.17) is 10.2 Å². The molecule has 0 saturated carbocycles. The van der Waals surface area contributed by atoms with Gasteiger partial charge in [-0.15, -0.1) is 18.3 Å². The molecule has 9 nitrogen and oxygen atoms in total. The Morgan fingerprint density at radius 1 is 1.03 bits per heavy atom. The van der Waals surface area contributed by atoms with Crippen LogP contribution in [0.15, 0.2) is 53.1 Å². The predicted molar refractivity (Wildman–Crippen MR) is 114 cm³/mol. The van der Waals surface area contributed by atoms with Crippen molar-refractivity contribution >= 4 is 17.4 Å². The first-order chi connectivity index (χ1) is 15.8. The van der Waals surface area contributed by atoms with Crippen molar-refractivity contribution in [2.45, 2.75) is 12.9 Å². The Hall–Kier alpha value is -3.80. The topological polar surface area (TPSA) is 98.0 Å². The summed E-state index contributed by atoms with van der Waals surface area (Å²) in [6.45, 7) is 3.59. The van der Waals surface area contributed by atoms with Gasteiger partial charge in [0.25, 0.3) is 0 Å². The lowest BCUT2D eigenvalue weighted by Gasteiger charge is -2.35. The van der Waals surface area contributed by atoms with Crippen LogP contribution in [-0.2, 0) is 6.54 Å². The number of nitrogens with two attached hydrogens (primary N) is 1. The second kappa shape index (κ2) is 8.28. The minimum atomic E-state index is -4.69. The third-order valence-corrected chi connectivity index (χ3v) is 5.34. The minimum Gasteiger partial charge on any atom is -0.461 e. The molecule has 4 heterocycles. The Labute approximate surface area is 186 Å². The maximum atomic E-state index is 12.3. The molecule has 12 heteroatoms. The number of benzene rings is 1. The molecule has 5 rings (SSSR count). The number of hydrogen-bond acceptors (Lipinski definition) is 8. The summed E-state index contributed by atoms with van der Waals surface area (Å²) in [5.41, 5.74) is 7.60. The molecule has 0 amide bonds. The molecule has 2 N–H and O–H groups in total. The summed E-state index contributed by atoms with van der Waals surface area (Å²) in [4.78, 5) is 13.3. The van der Waals surface area contributed by atoms with E-state index in [1.54, 1.807) is 30.5 Å². The van der Waals surface area contributed by atoms with Gasteiger partial charge < -0.3 is 19.8 Å². The Balaban J connectivity index is 1.23. The van der Waals surface area contributed by atoms with Gasteiger partial charge in [0.2, 0.25) is 11.8 Å². The van der Waals surface area contributed by atoms with E-state index in [0.717, 1.165) is 31.7 Å². The van der Waals surface area contributed by atoms with E-state index in [2.05, 4.69) is 29.6 Å². The predicted octanol–water partition coefficient (Wildman–Crippen LogP) is 3.19. The fourth-order valence-corrected chi connectivity index (χ4v) is 3.76. The van der Waals surface area contributed by atoms with E-state index >= 15 is 0 Å². The number of nitrogens with zero attached hydrogens (tertiary/aromatic N) is 6. The summed E-state index contributed by atoms with van der Waals surface area (Å²) < 4.78 is 47.7. The normalized spacial score (nSPS) is 15.3. The lowest BCUT2D eigenvalue weighted by Crippen LogP contribution is -2.46. The highest BCUT2D eigenvalue weighted by Gasteiger charge is 2.31. The van der Waals surface area contributed by atoms with Crippen molar-refractivity contribution in [2.75, 3.05) is 36.8 Å². The van der Waals surface area contributed by atoms with Crippen LogP contribution in [0.1, 0.15) is 5.56 Å². The molecule has 33 heavy (non-hydrogen) atoms. The van der Waals surface area contributed by atoms with E-state index in [9.17, 15) is 13.2 Å². The molecule has 172 valence electrons. The summed E-state index contributed by atoms with van der Waals surface area (Å²) >= 11 is 0. The van der Waals surface area contributed by atoms with Crippen molar-refractivity contribution in [1.82, 2.24) is 24.5 Å². The smallest absolute Gasteiger partial charge is 0.461 e. The van der Waals surface area contributed by atoms with E-state index < -0.39 is 6.36 Å². The van der Waals surface area contributed by atoms with Gasteiger partial charge in [0.1, 0.15) is 11.6 Å². The van der Waals surface area contributed by atoms with Gasteiger partial charge in [-0.1, -0.05) is 12.1 Å². The van der Waals surface area contributed by atoms with Gasteiger partial charge >= 0.3 is 6.36 Å². The van der Waals surface area contributed by atoms with Crippen LogP contribution in [0.2, 0.25) is 0 Å². The van der Waals surface area contributed by atoms with Crippen molar-refractivity contribution in [1.29, 1.82) is 0 Å². The van der Waals surface area contributed by atoms with Crippen LogP contribution in [-0.4, -0.2) is 57.0 Å². The zero-order valence-electron chi connectivity index (χ0n) is 17.4. The number of fused-ring (bicyclic) bond motifs is 1. The molecule has 0 bridgehead atoms. The highest BCUT2D eigenvalue weighted by atomic mass is 19.4. The maximum absolute atomic E-state index is 12.3. The highest BCUT2D eigenvalue weighted by molar-refractivity contribution is 5.59. The van der Waals surface area contributed by atoms with Crippen molar-refractivity contribution in [3.63, 3.8) is 0 Å². The number of piperazine rings is 1. The number of furan rings is 1. The molecule has 0 spiro atoms. The van der Waals surface area contributed by atoms with E-state index in [-0.39, 0.29) is 11.7 Å². The number of anilines is 2. The SMILES string of the molecule is Nc1nc(N2CCN(Cc3ccc(OC(F)(F)F)cc3)CC2)cc2nc(-c3ccco3)nn12. The van der Waals surface area contributed by atoms with Crippen LogP contribution in [0.3, 0.4) is 0 Å². The number of nitrogen functional groups attached to an aromatic ring is 1. The van der Waals surface area contributed by atoms with Crippen LogP contribution < -0.4 is 15.4 Å². The molecule has 1 aliphatic rings. The van der Waals surface area contributed by atoms with Gasteiger partial charge in [0.15, 0.2) is 11.4 Å². The third kappa shape index (κ3) is 4.70. The molecule has 0 atom stereocenters. The molecule has 3 aromatic heterocycles. The number of ether oxygens (including phenoxy) is 1. The monoisotopic (exact) mass is 459 g/mol. The molecule has 1 saturated heterocycles. The maximum Gasteiger partial charge on any atom is 0.573 e. The van der Waals surface area contributed by atoms with Gasteiger partial charge in [-0.3, -0.25) is 4.90 Å². The first kappa shape index (κ1) is 21.1. The molecule has 1 aliphatic heterocycles. The molecule has 0 radical (unpaired) electrons. The molecule has 4 aromatic rings. The van der Waals surface area contributed by atoms with Crippen molar-refractivity contribution in [3.8, 4) is 17.3 Å². The summed E-state index contributed by atoms with van der Waals surface area (Å²) in [5.74, 6) is 1.70. The van der Waals surface area contributed by atoms with Gasteiger partial charge in [-0.2, -0.15) is 9.50 Å². The Bertz CT molecular complexity index is 1230. The molecular weight excluding hydrogens is 439 g/mol. The van der Waals surface area contributed by atoms with Crippen LogP contribution in [0.5, 0.6) is 5.75 Å². The Morgan fingerprint density at radius 3 is 2.45 bits per heavy atom. The van der Waals surface area contributed by atoms with Crippen LogP contribution in [0.4, 0.5) is 24.9 Å². The zero-order valence-corrected chi connectivity index (χ0v) is 17.4. The Kier molecular flexibility index (Phi) is 5.29. The zero-order chi connectivity index (χ0) is 23.0. The lowest BCUT2D eigenvalue weighted by atomic mass is 10.2. The van der Waals surface area contributed by atoms with Gasteiger partial charge in [-0.25, -0.2) is 4.98 Å². The van der Waals surface area contributed by atoms with Crippen molar-refractivity contribution in [3.05, 3.63) is 54.3 Å². The second-order valence-corrected chi connectivity index (χ2v) is 7.61. The largest absolute Gasteiger partial charge is 0.573 e. The molecule has 0 unspecified atom stereocenters. The average molecular weight is 459 g/mol. The van der Waals surface area contributed by atoms with Crippen molar-refractivity contribution in [2.24, 2.45) is 0 Å². The van der Waals surface area contributed by atoms with Crippen LogP contribution >= 0.6 is 0 Å². The Morgan fingerprint density at radius 2 is 1.79 bits per heavy atom. The molecular formula is C21H20F3N7O2. The fourth-order valence-electron chi connectivity index (χ4n) is 3.76. The first-order valence-electron chi connectivity index (χ1n) is 10.2. The van der Waals surface area contributed by atoms with E-state index in [1.807, 2.05) is 6.07 Å². The van der Waals surface area contributed by atoms with Gasteiger partial charge in [0, 0.05) is 38.8 Å². The highest BCUT2D eigenvalue weighted by Crippen LogP contribution is 2.24. The van der Waals surface area contributed by atoms with Gasteiger partial charge in [-0.05, 0) is 29.8 Å².